The molecule has 0 nitrogen and oxygen atoms in total. The maximum atomic E-state index is 2.51. The maximum absolute atomic E-state index is 2.51. The zero-order valence-electron chi connectivity index (χ0n) is 19.9. The molecule has 0 unspecified atom stereocenters. The van der Waals surface area contributed by atoms with E-state index in [2.05, 4.69) is 48.7 Å². The molecule has 2 aromatic heterocycles. The summed E-state index contributed by atoms with van der Waals surface area (Å²) in [5, 5.41) is 0. The quantitative estimate of drug-likeness (QED) is 0.239. The first kappa shape index (κ1) is 24.3. The van der Waals surface area contributed by atoms with Gasteiger partial charge >= 0.3 is 0 Å². The van der Waals surface area contributed by atoms with Crippen LogP contribution in [0.15, 0.2) is 12.1 Å². The summed E-state index contributed by atoms with van der Waals surface area (Å²) in [6.45, 7) is 4.60. The number of hydrogen-bond donors (Lipinski definition) is 0. The first-order valence-electron chi connectivity index (χ1n) is 13.3. The van der Waals surface area contributed by atoms with Crippen LogP contribution in [0, 0.1) is 11.8 Å². The predicted molar refractivity (Wildman–Crippen MR) is 139 cm³/mol. The van der Waals surface area contributed by atoms with Gasteiger partial charge in [0.25, 0.3) is 0 Å². The molecule has 170 valence electrons. The molecule has 0 amide bonds. The Labute approximate surface area is 194 Å². The maximum Gasteiger partial charge on any atom is 0.0456 e. The summed E-state index contributed by atoms with van der Waals surface area (Å²) in [7, 11) is 0. The topological polar surface area (TPSA) is 0 Å². The largest absolute Gasteiger partial charge is 0.139 e. The Morgan fingerprint density at radius 1 is 0.600 bits per heavy atom. The molecule has 30 heavy (non-hydrogen) atoms. The number of rotatable bonds is 15. The molecule has 2 heterocycles. The van der Waals surface area contributed by atoms with E-state index in [1.807, 2.05) is 0 Å². The van der Waals surface area contributed by atoms with Crippen LogP contribution in [-0.4, -0.2) is 0 Å². The lowest BCUT2D eigenvalue weighted by Gasteiger charge is -2.28. The highest BCUT2D eigenvalue weighted by Gasteiger charge is 2.21. The molecule has 0 radical (unpaired) electrons. The third-order valence-electron chi connectivity index (χ3n) is 7.32. The van der Waals surface area contributed by atoms with Crippen molar-refractivity contribution in [2.75, 3.05) is 0 Å². The van der Waals surface area contributed by atoms with Gasteiger partial charge in [0.2, 0.25) is 0 Å². The fraction of sp³-hybridized carbons (Fsp3) is 0.786. The SMILES string of the molecule is CCCCCCCCCC1CCC(CCc2cc3sc(CCCCC)cc3s2)CC1. The number of hydrogen-bond acceptors (Lipinski definition) is 2. The van der Waals surface area contributed by atoms with Crippen LogP contribution in [0.4, 0.5) is 0 Å². The highest BCUT2D eigenvalue weighted by Crippen LogP contribution is 2.37. The summed E-state index contributed by atoms with van der Waals surface area (Å²) in [5.41, 5.74) is 0. The minimum absolute atomic E-state index is 1.00. The molecule has 1 saturated carbocycles. The average Bonchev–Trinajstić information content (AvgIpc) is 3.31. The van der Waals surface area contributed by atoms with Gasteiger partial charge in [0.05, 0.1) is 0 Å². The summed E-state index contributed by atoms with van der Waals surface area (Å²) in [6, 6.07) is 5.00. The van der Waals surface area contributed by atoms with Crippen LogP contribution < -0.4 is 0 Å². The van der Waals surface area contributed by atoms with Crippen LogP contribution in [0.3, 0.4) is 0 Å². The predicted octanol–water partition coefficient (Wildman–Crippen LogP) is 10.6. The van der Waals surface area contributed by atoms with Gasteiger partial charge in [-0.1, -0.05) is 104 Å². The highest BCUT2D eigenvalue weighted by molar-refractivity contribution is 7.27. The second-order valence-corrected chi connectivity index (χ2v) is 12.3. The van der Waals surface area contributed by atoms with Gasteiger partial charge in [0.1, 0.15) is 0 Å². The second kappa shape index (κ2) is 13.9. The van der Waals surface area contributed by atoms with E-state index in [4.69, 9.17) is 0 Å². The lowest BCUT2D eigenvalue weighted by Crippen LogP contribution is -2.15. The number of unbranched alkanes of at least 4 members (excludes halogenated alkanes) is 8. The van der Waals surface area contributed by atoms with Crippen LogP contribution in [0.25, 0.3) is 9.40 Å². The Morgan fingerprint density at radius 3 is 1.73 bits per heavy atom. The Balaban J connectivity index is 1.28. The molecule has 0 saturated heterocycles. The van der Waals surface area contributed by atoms with Crippen LogP contribution in [0.5, 0.6) is 0 Å². The van der Waals surface area contributed by atoms with E-state index >= 15 is 0 Å². The Morgan fingerprint density at radius 2 is 1.10 bits per heavy atom. The molecule has 0 aromatic carbocycles. The van der Waals surface area contributed by atoms with Crippen LogP contribution in [-0.2, 0) is 12.8 Å². The van der Waals surface area contributed by atoms with Gasteiger partial charge in [0, 0.05) is 19.2 Å². The third kappa shape index (κ3) is 8.30. The Kier molecular flexibility index (Phi) is 11.3. The van der Waals surface area contributed by atoms with Gasteiger partial charge in [-0.15, -0.1) is 22.7 Å². The standard InChI is InChI=1S/C28H46S2/c1-3-5-7-8-9-10-12-13-23-15-17-24(18-16-23)19-20-26-22-28-27(30-26)21-25(29-28)14-11-6-4-2/h21-24H,3-20H2,1-2H3. The van der Waals surface area contributed by atoms with Gasteiger partial charge < -0.3 is 0 Å². The zero-order valence-corrected chi connectivity index (χ0v) is 21.5. The fourth-order valence-electron chi connectivity index (χ4n) is 5.28. The van der Waals surface area contributed by atoms with Crippen molar-refractivity contribution in [2.45, 2.75) is 129 Å². The molecule has 3 rings (SSSR count). The number of aryl methyl sites for hydroxylation is 2. The zero-order chi connectivity index (χ0) is 21.0. The summed E-state index contributed by atoms with van der Waals surface area (Å²) >= 11 is 4.13. The summed E-state index contributed by atoms with van der Waals surface area (Å²) < 4.78 is 3.11. The second-order valence-electron chi connectivity index (χ2n) is 9.95. The summed E-state index contributed by atoms with van der Waals surface area (Å²) in [4.78, 5) is 3.25. The molecular formula is C28H46S2. The van der Waals surface area contributed by atoms with E-state index in [9.17, 15) is 0 Å². The smallest absolute Gasteiger partial charge is 0.0456 e. The molecule has 0 N–H and O–H groups in total. The number of thiophene rings is 2. The van der Waals surface area contributed by atoms with Crippen molar-refractivity contribution in [3.8, 4) is 0 Å². The molecule has 1 fully saturated rings. The molecule has 2 aromatic rings. The molecule has 0 spiro atoms. The lowest BCUT2D eigenvalue weighted by molar-refractivity contribution is 0.249. The molecule has 1 aliphatic rings. The summed E-state index contributed by atoms with van der Waals surface area (Å²) in [6.07, 6.45) is 25.9. The minimum atomic E-state index is 1.00. The van der Waals surface area contributed by atoms with Crippen LogP contribution in [0.2, 0.25) is 0 Å². The molecule has 0 aliphatic heterocycles. The Bertz CT molecular complexity index is 655. The molecular weight excluding hydrogens is 400 g/mol. The Hall–Kier alpha value is -0.340. The molecule has 0 bridgehead atoms. The van der Waals surface area contributed by atoms with Crippen molar-refractivity contribution in [2.24, 2.45) is 11.8 Å². The van der Waals surface area contributed by atoms with E-state index in [0.29, 0.717) is 0 Å². The summed E-state index contributed by atoms with van der Waals surface area (Å²) in [5.74, 6) is 2.05. The van der Waals surface area contributed by atoms with Crippen molar-refractivity contribution < 1.29 is 0 Å². The molecule has 1 aliphatic carbocycles. The van der Waals surface area contributed by atoms with E-state index < -0.39 is 0 Å². The number of fused-ring (bicyclic) bond motifs is 1. The fourth-order valence-corrected chi connectivity index (χ4v) is 7.78. The monoisotopic (exact) mass is 446 g/mol. The highest BCUT2D eigenvalue weighted by atomic mass is 32.1. The normalized spacial score (nSPS) is 19.7. The molecule has 0 atom stereocenters. The van der Waals surface area contributed by atoms with Crippen molar-refractivity contribution in [1.29, 1.82) is 0 Å². The van der Waals surface area contributed by atoms with Crippen molar-refractivity contribution in [3.63, 3.8) is 0 Å². The lowest BCUT2D eigenvalue weighted by atomic mass is 9.78. The van der Waals surface area contributed by atoms with Crippen molar-refractivity contribution >= 4 is 32.1 Å². The minimum Gasteiger partial charge on any atom is -0.139 e. The van der Waals surface area contributed by atoms with Crippen molar-refractivity contribution in [3.05, 3.63) is 21.9 Å². The van der Waals surface area contributed by atoms with Crippen LogP contribution >= 0.6 is 22.7 Å². The van der Waals surface area contributed by atoms with Crippen molar-refractivity contribution in [1.82, 2.24) is 0 Å². The van der Waals surface area contributed by atoms with Gasteiger partial charge in [0.15, 0.2) is 0 Å². The van der Waals surface area contributed by atoms with E-state index in [1.165, 1.54) is 116 Å². The van der Waals surface area contributed by atoms with Gasteiger partial charge in [-0.25, -0.2) is 0 Å². The van der Waals surface area contributed by atoms with Crippen LogP contribution in [0.1, 0.15) is 126 Å². The van der Waals surface area contributed by atoms with E-state index in [-0.39, 0.29) is 0 Å². The van der Waals surface area contributed by atoms with Gasteiger partial charge in [-0.3, -0.25) is 0 Å². The third-order valence-corrected chi connectivity index (χ3v) is 9.73. The van der Waals surface area contributed by atoms with E-state index in [1.54, 1.807) is 19.2 Å². The first-order valence-corrected chi connectivity index (χ1v) is 14.9. The van der Waals surface area contributed by atoms with Gasteiger partial charge in [-0.2, -0.15) is 0 Å². The van der Waals surface area contributed by atoms with E-state index in [0.717, 1.165) is 11.8 Å². The molecule has 2 heteroatoms. The first-order chi connectivity index (χ1) is 14.8. The average molecular weight is 447 g/mol. The van der Waals surface area contributed by atoms with Gasteiger partial charge in [-0.05, 0) is 49.7 Å².